The summed E-state index contributed by atoms with van der Waals surface area (Å²) in [7, 11) is 0. The molecular formula is C23H29N7O2S. The van der Waals surface area contributed by atoms with Crippen LogP contribution in [0.15, 0.2) is 36.7 Å². The van der Waals surface area contributed by atoms with Gasteiger partial charge in [-0.25, -0.2) is 15.0 Å². The van der Waals surface area contributed by atoms with Crippen LogP contribution in [-0.4, -0.2) is 66.3 Å². The van der Waals surface area contributed by atoms with Gasteiger partial charge in [0.2, 0.25) is 5.95 Å². The monoisotopic (exact) mass is 467 g/mol. The summed E-state index contributed by atoms with van der Waals surface area (Å²) in [5, 5.41) is 16.7. The van der Waals surface area contributed by atoms with Crippen LogP contribution in [0.5, 0.6) is 0 Å². The van der Waals surface area contributed by atoms with Gasteiger partial charge in [0.05, 0.1) is 19.2 Å². The lowest BCUT2D eigenvalue weighted by molar-refractivity contribution is 0.126. The lowest BCUT2D eigenvalue weighted by atomic mass is 9.93. The number of hydrogen-bond donors (Lipinski definition) is 3. The molecule has 0 radical (unpaired) electrons. The molecule has 174 valence electrons. The zero-order valence-corrected chi connectivity index (χ0v) is 19.3. The van der Waals surface area contributed by atoms with Crippen LogP contribution in [0.2, 0.25) is 0 Å². The minimum atomic E-state index is -0.781. The molecule has 2 aromatic heterocycles. The van der Waals surface area contributed by atoms with Crippen molar-refractivity contribution in [2.24, 2.45) is 0 Å². The normalized spacial score (nSPS) is 21.8. The maximum Gasteiger partial charge on any atom is 0.225 e. The molecule has 10 heteroatoms. The zero-order chi connectivity index (χ0) is 22.6. The van der Waals surface area contributed by atoms with Crippen molar-refractivity contribution < 1.29 is 9.66 Å². The van der Waals surface area contributed by atoms with Crippen LogP contribution in [-0.2, 0) is 17.7 Å². The Kier molecular flexibility index (Phi) is 6.75. The third-order valence-corrected chi connectivity index (χ3v) is 7.55. The van der Waals surface area contributed by atoms with E-state index < -0.39 is 11.2 Å². The van der Waals surface area contributed by atoms with Crippen molar-refractivity contribution in [1.29, 1.82) is 0 Å². The topological polar surface area (TPSA) is 122 Å². The Labute approximate surface area is 196 Å². The highest BCUT2D eigenvalue weighted by atomic mass is 32.2. The first kappa shape index (κ1) is 22.1. The van der Waals surface area contributed by atoms with Gasteiger partial charge in [0, 0.05) is 12.6 Å². The summed E-state index contributed by atoms with van der Waals surface area (Å²) in [6, 6.07) is 10.4. The van der Waals surface area contributed by atoms with Crippen LogP contribution in [0.4, 0.5) is 17.6 Å². The van der Waals surface area contributed by atoms with Crippen molar-refractivity contribution in [2.75, 3.05) is 40.1 Å². The fourth-order valence-corrected chi connectivity index (χ4v) is 5.43. The summed E-state index contributed by atoms with van der Waals surface area (Å²) in [6.45, 7) is 1.97. The predicted molar refractivity (Wildman–Crippen MR) is 131 cm³/mol. The van der Waals surface area contributed by atoms with Crippen molar-refractivity contribution in [2.45, 2.75) is 44.4 Å². The Morgan fingerprint density at radius 3 is 2.52 bits per heavy atom. The summed E-state index contributed by atoms with van der Waals surface area (Å²) in [4.78, 5) is 20.8. The number of nitrogens with one attached hydrogen (secondary N) is 2. The minimum Gasteiger partial charge on any atom is -0.616 e. The summed E-state index contributed by atoms with van der Waals surface area (Å²) >= 11 is -0.781. The van der Waals surface area contributed by atoms with Gasteiger partial charge >= 0.3 is 0 Å². The Morgan fingerprint density at radius 1 is 1.00 bits per heavy atom. The number of fused-ring (bicyclic) bond motifs is 1. The van der Waals surface area contributed by atoms with Crippen molar-refractivity contribution in [3.8, 4) is 0 Å². The first-order valence-corrected chi connectivity index (χ1v) is 13.0. The van der Waals surface area contributed by atoms with E-state index >= 15 is 0 Å². The summed E-state index contributed by atoms with van der Waals surface area (Å²) in [5.41, 5.74) is 2.51. The molecule has 2 fully saturated rings. The molecule has 0 amide bonds. The molecule has 1 saturated carbocycles. The van der Waals surface area contributed by atoms with Gasteiger partial charge in [-0.2, -0.15) is 4.98 Å². The number of nitrogens with zero attached hydrogens (tertiary/aromatic N) is 5. The SMILES string of the molecule is [O-][S+]1CCN(c2nc(N[C@H]3CC[C@H](O)CC3)nc3c(NCc4ccccc4)ncnc23)CC1. The van der Waals surface area contributed by atoms with E-state index in [2.05, 4.69) is 37.6 Å². The number of rotatable bonds is 6. The van der Waals surface area contributed by atoms with Crippen molar-refractivity contribution in [3.05, 3.63) is 42.2 Å². The average molecular weight is 468 g/mol. The maximum absolute atomic E-state index is 11.9. The summed E-state index contributed by atoms with van der Waals surface area (Å²) in [5.74, 6) is 3.20. The molecule has 33 heavy (non-hydrogen) atoms. The molecule has 0 unspecified atom stereocenters. The molecule has 3 N–H and O–H groups in total. The number of aliphatic hydroxyl groups excluding tert-OH is 1. The highest BCUT2D eigenvalue weighted by Gasteiger charge is 2.26. The molecule has 1 aromatic carbocycles. The minimum absolute atomic E-state index is 0.215. The molecule has 0 spiro atoms. The molecule has 3 aromatic rings. The lowest BCUT2D eigenvalue weighted by Gasteiger charge is -2.30. The second-order valence-corrected chi connectivity index (χ2v) is 10.3. The lowest BCUT2D eigenvalue weighted by Crippen LogP contribution is -2.41. The average Bonchev–Trinajstić information content (AvgIpc) is 2.85. The van der Waals surface area contributed by atoms with Crippen LogP contribution < -0.4 is 15.5 Å². The molecule has 9 nitrogen and oxygen atoms in total. The fraction of sp³-hybridized carbons (Fsp3) is 0.478. The zero-order valence-electron chi connectivity index (χ0n) is 18.5. The van der Waals surface area contributed by atoms with E-state index in [0.717, 1.165) is 37.1 Å². The van der Waals surface area contributed by atoms with Crippen LogP contribution in [0.1, 0.15) is 31.2 Å². The van der Waals surface area contributed by atoms with Gasteiger partial charge in [0.15, 0.2) is 11.6 Å². The Bertz CT molecular complexity index is 1070. The van der Waals surface area contributed by atoms with Crippen LogP contribution in [0.25, 0.3) is 11.0 Å². The third kappa shape index (κ3) is 5.29. The molecule has 1 aliphatic heterocycles. The number of benzene rings is 1. The smallest absolute Gasteiger partial charge is 0.225 e. The highest BCUT2D eigenvalue weighted by Crippen LogP contribution is 2.30. The van der Waals surface area contributed by atoms with Gasteiger partial charge < -0.3 is 25.2 Å². The summed E-state index contributed by atoms with van der Waals surface area (Å²) in [6.07, 6.45) is 4.65. The Hall–Kier alpha value is -2.69. The van der Waals surface area contributed by atoms with Crippen LogP contribution in [0, 0.1) is 0 Å². The number of hydrogen-bond acceptors (Lipinski definition) is 9. The fourth-order valence-electron chi connectivity index (χ4n) is 4.38. The van der Waals surface area contributed by atoms with E-state index in [9.17, 15) is 9.66 Å². The van der Waals surface area contributed by atoms with Gasteiger partial charge in [-0.15, -0.1) is 0 Å². The molecule has 0 bridgehead atoms. The van der Waals surface area contributed by atoms with E-state index in [1.807, 2.05) is 18.2 Å². The van der Waals surface area contributed by atoms with Crippen molar-refractivity contribution in [3.63, 3.8) is 0 Å². The van der Waals surface area contributed by atoms with E-state index in [1.165, 1.54) is 0 Å². The van der Waals surface area contributed by atoms with Crippen molar-refractivity contribution >= 4 is 39.8 Å². The second-order valence-electron chi connectivity index (χ2n) is 8.61. The molecule has 0 atom stereocenters. The first-order valence-electron chi connectivity index (χ1n) is 11.5. The van der Waals surface area contributed by atoms with E-state index in [-0.39, 0.29) is 12.1 Å². The second kappa shape index (κ2) is 10.1. The highest BCUT2D eigenvalue weighted by molar-refractivity contribution is 7.91. The molecule has 1 saturated heterocycles. The van der Waals surface area contributed by atoms with Gasteiger partial charge in [-0.3, -0.25) is 0 Å². The molecule has 2 aliphatic rings. The van der Waals surface area contributed by atoms with E-state index in [4.69, 9.17) is 9.97 Å². The molecule has 3 heterocycles. The van der Waals surface area contributed by atoms with Crippen molar-refractivity contribution in [1.82, 2.24) is 19.9 Å². The largest absolute Gasteiger partial charge is 0.616 e. The maximum atomic E-state index is 11.9. The molecule has 5 rings (SSSR count). The van der Waals surface area contributed by atoms with Crippen LogP contribution in [0.3, 0.4) is 0 Å². The van der Waals surface area contributed by atoms with Gasteiger partial charge in [0.1, 0.15) is 28.9 Å². The number of aromatic nitrogens is 4. The molecule has 1 aliphatic carbocycles. The Morgan fingerprint density at radius 2 is 1.76 bits per heavy atom. The number of anilines is 3. The third-order valence-electron chi connectivity index (χ3n) is 6.27. The van der Waals surface area contributed by atoms with Crippen LogP contribution >= 0.6 is 0 Å². The first-order chi connectivity index (χ1) is 16.2. The van der Waals surface area contributed by atoms with Gasteiger partial charge in [-0.1, -0.05) is 41.5 Å². The molecular weight excluding hydrogens is 438 g/mol. The summed E-state index contributed by atoms with van der Waals surface area (Å²) < 4.78 is 11.9. The van der Waals surface area contributed by atoms with E-state index in [1.54, 1.807) is 6.33 Å². The standard InChI is InChI=1S/C23H29N7O2S/c31-18-8-6-17(7-9-18)27-23-28-19-20(22(29-23)30-10-12-33(32)13-11-30)25-15-26-21(19)24-14-16-4-2-1-3-5-16/h1-5,15,17-18,31H,6-14H2,(H,24,25,26)(H,27,28,29)/t17-,18-. The quantitative estimate of drug-likeness (QED) is 0.469. The number of aliphatic hydroxyl groups is 1. The predicted octanol–water partition coefficient (Wildman–Crippen LogP) is 2.32. The van der Waals surface area contributed by atoms with Gasteiger partial charge in [0.25, 0.3) is 0 Å². The Balaban J connectivity index is 1.48. The van der Waals surface area contributed by atoms with Gasteiger partial charge in [-0.05, 0) is 31.2 Å². The van der Waals surface area contributed by atoms with E-state index in [0.29, 0.717) is 53.9 Å².